The van der Waals surface area contributed by atoms with Crippen molar-refractivity contribution in [1.82, 2.24) is 4.90 Å². The third-order valence-corrected chi connectivity index (χ3v) is 7.06. The van der Waals surface area contributed by atoms with Gasteiger partial charge < -0.3 is 9.32 Å². The van der Waals surface area contributed by atoms with Crippen LogP contribution >= 0.6 is 15.9 Å². The van der Waals surface area contributed by atoms with Crippen molar-refractivity contribution in [3.8, 4) is 0 Å². The van der Waals surface area contributed by atoms with E-state index in [0.29, 0.717) is 22.4 Å². The Morgan fingerprint density at radius 1 is 1.11 bits per heavy atom. The molecule has 140 valence electrons. The summed E-state index contributed by atoms with van der Waals surface area (Å²) in [5.41, 5.74) is 0.572. The van der Waals surface area contributed by atoms with Crippen molar-refractivity contribution in [3.63, 3.8) is 0 Å². The first-order valence-electron chi connectivity index (χ1n) is 8.66. The van der Waals surface area contributed by atoms with E-state index >= 15 is 0 Å². The Hall–Kier alpha value is -2.12. The zero-order chi connectivity index (χ0) is 19.0. The zero-order valence-corrected chi connectivity index (χ0v) is 16.9. The smallest absolute Gasteiger partial charge is 0.255 e. The zero-order valence-electron chi connectivity index (χ0n) is 14.5. The molecule has 0 radical (unpaired) electrons. The lowest BCUT2D eigenvalue weighted by Gasteiger charge is -2.28. The van der Waals surface area contributed by atoms with Crippen LogP contribution in [0.5, 0.6) is 0 Å². The summed E-state index contributed by atoms with van der Waals surface area (Å²) in [5, 5.41) is 1.83. The van der Waals surface area contributed by atoms with E-state index in [1.165, 1.54) is 0 Å². The van der Waals surface area contributed by atoms with Gasteiger partial charge in [-0.05, 0) is 51.3 Å². The molecule has 1 saturated heterocycles. The van der Waals surface area contributed by atoms with Crippen molar-refractivity contribution in [2.45, 2.75) is 19.0 Å². The monoisotopic (exact) mass is 447 g/mol. The van der Waals surface area contributed by atoms with Gasteiger partial charge in [0.25, 0.3) is 5.91 Å². The molecule has 7 heteroatoms. The van der Waals surface area contributed by atoms with Crippen molar-refractivity contribution in [2.75, 3.05) is 11.5 Å². The van der Waals surface area contributed by atoms with Gasteiger partial charge in [-0.1, -0.05) is 36.4 Å². The minimum absolute atomic E-state index is 0.00855. The molecule has 1 aliphatic rings. The van der Waals surface area contributed by atoms with Crippen LogP contribution in [0.3, 0.4) is 0 Å². The molecule has 4 rings (SSSR count). The quantitative estimate of drug-likeness (QED) is 0.605. The van der Waals surface area contributed by atoms with Crippen LogP contribution in [0.25, 0.3) is 10.8 Å². The Bertz CT molecular complexity index is 1100. The molecule has 0 saturated carbocycles. The second kappa shape index (κ2) is 7.13. The number of hydrogen-bond acceptors (Lipinski definition) is 4. The summed E-state index contributed by atoms with van der Waals surface area (Å²) in [4.78, 5) is 15.1. The highest BCUT2D eigenvalue weighted by Crippen LogP contribution is 2.26. The number of carbonyl (C=O) groups excluding carboxylic acids is 1. The van der Waals surface area contributed by atoms with Crippen LogP contribution in [0, 0.1) is 0 Å². The molecule has 5 nitrogen and oxygen atoms in total. The summed E-state index contributed by atoms with van der Waals surface area (Å²) in [6, 6.07) is 16.5. The molecule has 0 bridgehead atoms. The molecular formula is C20H18BrNO4S. The SMILES string of the molecule is O=C(c1cccc2ccccc12)N(Cc1ccc(Br)o1)C1CCS(=O)(=O)C1. The topological polar surface area (TPSA) is 67.6 Å². The van der Waals surface area contributed by atoms with Gasteiger partial charge in [-0.2, -0.15) is 0 Å². The summed E-state index contributed by atoms with van der Waals surface area (Å²) in [5.74, 6) is 0.533. The second-order valence-electron chi connectivity index (χ2n) is 6.72. The summed E-state index contributed by atoms with van der Waals surface area (Å²) in [6.45, 7) is 0.230. The molecule has 2 heterocycles. The maximum Gasteiger partial charge on any atom is 0.255 e. The Kier molecular flexibility index (Phi) is 4.82. The molecular weight excluding hydrogens is 430 g/mol. The maximum atomic E-state index is 13.4. The fourth-order valence-corrected chi connectivity index (χ4v) is 5.63. The number of rotatable bonds is 4. The molecule has 1 amide bonds. The first-order chi connectivity index (χ1) is 12.9. The first kappa shape index (κ1) is 18.3. The van der Waals surface area contributed by atoms with E-state index in [2.05, 4.69) is 15.9 Å². The van der Waals surface area contributed by atoms with E-state index in [1.54, 1.807) is 23.1 Å². The van der Waals surface area contributed by atoms with Crippen LogP contribution in [-0.2, 0) is 16.4 Å². The Balaban J connectivity index is 1.73. The molecule has 3 aromatic rings. The van der Waals surface area contributed by atoms with Gasteiger partial charge in [-0.25, -0.2) is 8.42 Å². The highest BCUT2D eigenvalue weighted by molar-refractivity contribution is 9.10. The van der Waals surface area contributed by atoms with E-state index in [9.17, 15) is 13.2 Å². The largest absolute Gasteiger partial charge is 0.452 e. The van der Waals surface area contributed by atoms with Crippen molar-refractivity contribution in [1.29, 1.82) is 0 Å². The van der Waals surface area contributed by atoms with Crippen molar-refractivity contribution >= 4 is 42.4 Å². The molecule has 1 aromatic heterocycles. The molecule has 0 aliphatic carbocycles. The van der Waals surface area contributed by atoms with Crippen LogP contribution in [-0.4, -0.2) is 36.8 Å². The Morgan fingerprint density at radius 3 is 2.59 bits per heavy atom. The van der Waals surface area contributed by atoms with E-state index in [1.807, 2.05) is 36.4 Å². The van der Waals surface area contributed by atoms with Crippen molar-refractivity contribution < 1.29 is 17.6 Å². The third kappa shape index (κ3) is 3.80. The van der Waals surface area contributed by atoms with Gasteiger partial charge in [-0.3, -0.25) is 4.79 Å². The molecule has 1 atom stereocenters. The maximum absolute atomic E-state index is 13.4. The second-order valence-corrected chi connectivity index (χ2v) is 9.73. The number of halogens is 1. The number of benzene rings is 2. The number of fused-ring (bicyclic) bond motifs is 1. The number of furan rings is 1. The average molecular weight is 448 g/mol. The number of carbonyl (C=O) groups is 1. The summed E-state index contributed by atoms with van der Waals surface area (Å²) >= 11 is 3.27. The lowest BCUT2D eigenvalue weighted by atomic mass is 10.0. The molecule has 27 heavy (non-hydrogen) atoms. The van der Waals surface area contributed by atoms with Crippen LogP contribution < -0.4 is 0 Å². The van der Waals surface area contributed by atoms with Crippen LogP contribution in [0.15, 0.2) is 63.7 Å². The Labute approximate surface area is 166 Å². The normalized spacial score (nSPS) is 18.6. The predicted molar refractivity (Wildman–Crippen MR) is 107 cm³/mol. The van der Waals surface area contributed by atoms with Crippen molar-refractivity contribution in [3.05, 3.63) is 70.6 Å². The lowest BCUT2D eigenvalue weighted by Crippen LogP contribution is -2.40. The van der Waals surface area contributed by atoms with E-state index in [0.717, 1.165) is 10.8 Å². The molecule has 1 aliphatic heterocycles. The minimum atomic E-state index is -3.12. The lowest BCUT2D eigenvalue weighted by molar-refractivity contribution is 0.0667. The van der Waals surface area contributed by atoms with Crippen LogP contribution in [0.2, 0.25) is 0 Å². The van der Waals surface area contributed by atoms with Gasteiger partial charge in [0, 0.05) is 11.6 Å². The van der Waals surface area contributed by atoms with Gasteiger partial charge in [0.2, 0.25) is 0 Å². The number of hydrogen-bond donors (Lipinski definition) is 0. The summed E-state index contributed by atoms with van der Waals surface area (Å²) in [6.07, 6.45) is 0.445. The highest BCUT2D eigenvalue weighted by atomic mass is 79.9. The molecule has 1 unspecified atom stereocenters. The van der Waals surface area contributed by atoms with Gasteiger partial charge in [0.05, 0.1) is 18.1 Å². The van der Waals surface area contributed by atoms with Crippen LogP contribution in [0.1, 0.15) is 22.5 Å². The van der Waals surface area contributed by atoms with E-state index < -0.39 is 9.84 Å². The number of sulfone groups is 1. The average Bonchev–Trinajstić information content (AvgIpc) is 3.23. The predicted octanol–water partition coefficient (Wildman–Crippen LogP) is 4.02. The first-order valence-corrected chi connectivity index (χ1v) is 11.3. The third-order valence-electron chi connectivity index (χ3n) is 4.89. The number of nitrogens with zero attached hydrogens (tertiary/aromatic N) is 1. The molecule has 2 aromatic carbocycles. The molecule has 0 spiro atoms. The van der Waals surface area contributed by atoms with Gasteiger partial charge in [0.1, 0.15) is 5.76 Å². The fraction of sp³-hybridized carbons (Fsp3) is 0.250. The van der Waals surface area contributed by atoms with Gasteiger partial charge in [0.15, 0.2) is 14.5 Å². The minimum Gasteiger partial charge on any atom is -0.452 e. The van der Waals surface area contributed by atoms with Gasteiger partial charge >= 0.3 is 0 Å². The van der Waals surface area contributed by atoms with Gasteiger partial charge in [-0.15, -0.1) is 0 Å². The molecule has 1 fully saturated rings. The standard InChI is InChI=1S/C20H18BrNO4S/c21-19-9-8-16(26-19)12-22(15-10-11-27(24,25)13-15)20(23)18-7-3-5-14-4-1-2-6-17(14)18/h1-9,15H,10-13H2. The van der Waals surface area contributed by atoms with Crippen molar-refractivity contribution in [2.24, 2.45) is 0 Å². The highest BCUT2D eigenvalue weighted by Gasteiger charge is 2.35. The van der Waals surface area contributed by atoms with E-state index in [4.69, 9.17) is 4.42 Å². The number of amides is 1. The van der Waals surface area contributed by atoms with E-state index in [-0.39, 0.29) is 30.0 Å². The summed E-state index contributed by atoms with van der Waals surface area (Å²) < 4.78 is 30.2. The Morgan fingerprint density at radius 2 is 1.89 bits per heavy atom. The summed E-state index contributed by atoms with van der Waals surface area (Å²) in [7, 11) is -3.12. The fourth-order valence-electron chi connectivity index (χ4n) is 3.56. The van der Waals surface area contributed by atoms with Crippen LogP contribution in [0.4, 0.5) is 0 Å². The molecule has 0 N–H and O–H groups in total.